The summed E-state index contributed by atoms with van der Waals surface area (Å²) in [5.74, 6) is 1.45. The standard InChI is InChI=1S/C9H16O/c1-9(2)5-6-3-7(9)4-8(6)10/h6-8,10H,3-5H2,1-2H3/t6-,7-,8+/m1/s1. The molecule has 2 fully saturated rings. The first kappa shape index (κ1) is 6.66. The predicted molar refractivity (Wildman–Crippen MR) is 40.6 cm³/mol. The third-order valence-corrected chi connectivity index (χ3v) is 3.55. The summed E-state index contributed by atoms with van der Waals surface area (Å²) in [5, 5.41) is 9.45. The lowest BCUT2D eigenvalue weighted by molar-refractivity contribution is 0.0685. The van der Waals surface area contributed by atoms with E-state index < -0.39 is 0 Å². The van der Waals surface area contributed by atoms with Gasteiger partial charge in [0.1, 0.15) is 0 Å². The zero-order chi connectivity index (χ0) is 7.35. The molecule has 0 aromatic heterocycles. The van der Waals surface area contributed by atoms with E-state index >= 15 is 0 Å². The highest BCUT2D eigenvalue weighted by Crippen LogP contribution is 2.55. The maximum absolute atomic E-state index is 9.45. The molecule has 2 aliphatic carbocycles. The topological polar surface area (TPSA) is 20.2 Å². The molecule has 0 aromatic rings. The van der Waals surface area contributed by atoms with Gasteiger partial charge in [-0.3, -0.25) is 0 Å². The molecule has 0 amide bonds. The average Bonchev–Trinajstić information content (AvgIpc) is 2.21. The Labute approximate surface area is 62.4 Å². The minimum atomic E-state index is 0.0398. The van der Waals surface area contributed by atoms with Crippen LogP contribution in [0, 0.1) is 17.3 Å². The monoisotopic (exact) mass is 140 g/mol. The van der Waals surface area contributed by atoms with E-state index in [9.17, 15) is 5.11 Å². The Bertz CT molecular complexity index is 149. The van der Waals surface area contributed by atoms with Crippen molar-refractivity contribution in [1.82, 2.24) is 0 Å². The van der Waals surface area contributed by atoms with Gasteiger partial charge in [0, 0.05) is 0 Å². The van der Waals surface area contributed by atoms with E-state index in [1.54, 1.807) is 0 Å². The fourth-order valence-electron chi connectivity index (χ4n) is 2.80. The largest absolute Gasteiger partial charge is 0.393 e. The van der Waals surface area contributed by atoms with E-state index in [1.165, 1.54) is 12.8 Å². The van der Waals surface area contributed by atoms with Gasteiger partial charge < -0.3 is 5.11 Å². The summed E-state index contributed by atoms with van der Waals surface area (Å²) in [7, 11) is 0. The maximum atomic E-state index is 9.45. The van der Waals surface area contributed by atoms with Crippen molar-refractivity contribution in [3.63, 3.8) is 0 Å². The maximum Gasteiger partial charge on any atom is 0.0571 e. The first-order valence-corrected chi connectivity index (χ1v) is 4.28. The van der Waals surface area contributed by atoms with Gasteiger partial charge in [0.2, 0.25) is 0 Å². The lowest BCUT2D eigenvalue weighted by Gasteiger charge is -2.31. The highest BCUT2D eigenvalue weighted by atomic mass is 16.3. The van der Waals surface area contributed by atoms with Crippen molar-refractivity contribution < 1.29 is 5.11 Å². The SMILES string of the molecule is CC1(C)C[C@H]2C[C@@H]1C[C@@H]2O. The molecule has 2 saturated carbocycles. The molecule has 0 spiro atoms. The van der Waals surface area contributed by atoms with Crippen LogP contribution in [-0.2, 0) is 0 Å². The van der Waals surface area contributed by atoms with Gasteiger partial charge in [0.25, 0.3) is 0 Å². The van der Waals surface area contributed by atoms with E-state index in [0.29, 0.717) is 11.3 Å². The Kier molecular flexibility index (Phi) is 1.17. The summed E-state index contributed by atoms with van der Waals surface area (Å²) < 4.78 is 0. The summed E-state index contributed by atoms with van der Waals surface area (Å²) in [6.07, 6.45) is 3.64. The Balaban J connectivity index is 2.16. The fraction of sp³-hybridized carbons (Fsp3) is 1.00. The molecule has 2 bridgehead atoms. The second kappa shape index (κ2) is 1.76. The van der Waals surface area contributed by atoms with Crippen LogP contribution < -0.4 is 0 Å². The molecule has 10 heavy (non-hydrogen) atoms. The Morgan fingerprint density at radius 1 is 1.30 bits per heavy atom. The van der Waals surface area contributed by atoms with Crippen LogP contribution in [0.5, 0.6) is 0 Å². The smallest absolute Gasteiger partial charge is 0.0571 e. The van der Waals surface area contributed by atoms with E-state index in [2.05, 4.69) is 13.8 Å². The van der Waals surface area contributed by atoms with E-state index in [4.69, 9.17) is 0 Å². The van der Waals surface area contributed by atoms with Crippen LogP contribution in [0.4, 0.5) is 0 Å². The van der Waals surface area contributed by atoms with Gasteiger partial charge in [-0.15, -0.1) is 0 Å². The van der Waals surface area contributed by atoms with Crippen molar-refractivity contribution in [2.24, 2.45) is 17.3 Å². The van der Waals surface area contributed by atoms with Crippen LogP contribution >= 0.6 is 0 Å². The van der Waals surface area contributed by atoms with Crippen LogP contribution in [0.1, 0.15) is 33.1 Å². The van der Waals surface area contributed by atoms with Gasteiger partial charge in [-0.05, 0) is 36.5 Å². The molecule has 0 unspecified atom stereocenters. The second-order valence-electron chi connectivity index (χ2n) is 4.69. The van der Waals surface area contributed by atoms with Crippen molar-refractivity contribution in [1.29, 1.82) is 0 Å². The number of rotatable bonds is 0. The summed E-state index contributed by atoms with van der Waals surface area (Å²) in [4.78, 5) is 0. The summed E-state index contributed by atoms with van der Waals surface area (Å²) in [5.41, 5.74) is 0.532. The van der Waals surface area contributed by atoms with E-state index in [-0.39, 0.29) is 6.10 Å². The molecule has 1 nitrogen and oxygen atoms in total. The van der Waals surface area contributed by atoms with Gasteiger partial charge in [-0.2, -0.15) is 0 Å². The van der Waals surface area contributed by atoms with Gasteiger partial charge in [-0.1, -0.05) is 13.8 Å². The van der Waals surface area contributed by atoms with Crippen molar-refractivity contribution in [2.75, 3.05) is 0 Å². The summed E-state index contributed by atoms with van der Waals surface area (Å²) in [6.45, 7) is 4.67. The highest BCUT2D eigenvalue weighted by Gasteiger charge is 2.49. The highest BCUT2D eigenvalue weighted by molar-refractivity contribution is 4.99. The second-order valence-corrected chi connectivity index (χ2v) is 4.69. The first-order chi connectivity index (χ1) is 4.59. The average molecular weight is 140 g/mol. The van der Waals surface area contributed by atoms with Crippen molar-refractivity contribution in [2.45, 2.75) is 39.2 Å². The van der Waals surface area contributed by atoms with Crippen LogP contribution in [0.15, 0.2) is 0 Å². The molecule has 2 rings (SSSR count). The number of fused-ring (bicyclic) bond motifs is 2. The summed E-state index contributed by atoms with van der Waals surface area (Å²) in [6, 6.07) is 0. The molecule has 58 valence electrons. The molecule has 0 saturated heterocycles. The molecular formula is C9H16O. The molecule has 1 N–H and O–H groups in total. The predicted octanol–water partition coefficient (Wildman–Crippen LogP) is 1.80. The van der Waals surface area contributed by atoms with Crippen molar-refractivity contribution >= 4 is 0 Å². The van der Waals surface area contributed by atoms with Crippen molar-refractivity contribution in [3.05, 3.63) is 0 Å². The van der Waals surface area contributed by atoms with Crippen molar-refractivity contribution in [3.8, 4) is 0 Å². The molecule has 0 aromatic carbocycles. The van der Waals surface area contributed by atoms with E-state index in [0.717, 1.165) is 12.3 Å². The lowest BCUT2D eigenvalue weighted by Crippen LogP contribution is -2.27. The van der Waals surface area contributed by atoms with Gasteiger partial charge in [0.05, 0.1) is 6.10 Å². The quantitative estimate of drug-likeness (QED) is 0.544. The number of aliphatic hydroxyl groups is 1. The Morgan fingerprint density at radius 2 is 2.00 bits per heavy atom. The molecule has 2 aliphatic rings. The van der Waals surface area contributed by atoms with Crippen LogP contribution in [-0.4, -0.2) is 11.2 Å². The first-order valence-electron chi connectivity index (χ1n) is 4.28. The number of hydrogen-bond donors (Lipinski definition) is 1. The normalized spacial score (nSPS) is 50.1. The number of aliphatic hydroxyl groups excluding tert-OH is 1. The van der Waals surface area contributed by atoms with Crippen LogP contribution in [0.3, 0.4) is 0 Å². The molecular weight excluding hydrogens is 124 g/mol. The summed E-state index contributed by atoms with van der Waals surface area (Å²) >= 11 is 0. The Morgan fingerprint density at radius 3 is 2.30 bits per heavy atom. The third kappa shape index (κ3) is 0.731. The third-order valence-electron chi connectivity index (χ3n) is 3.55. The minimum absolute atomic E-state index is 0.0398. The van der Waals surface area contributed by atoms with Gasteiger partial charge >= 0.3 is 0 Å². The Hall–Kier alpha value is -0.0400. The zero-order valence-corrected chi connectivity index (χ0v) is 6.80. The van der Waals surface area contributed by atoms with Gasteiger partial charge in [0.15, 0.2) is 0 Å². The van der Waals surface area contributed by atoms with Crippen LogP contribution in [0.2, 0.25) is 0 Å². The lowest BCUT2D eigenvalue weighted by atomic mass is 9.76. The minimum Gasteiger partial charge on any atom is -0.393 e. The molecule has 0 radical (unpaired) electrons. The molecule has 1 heteroatoms. The molecule has 3 atom stereocenters. The molecule has 0 heterocycles. The zero-order valence-electron chi connectivity index (χ0n) is 6.80. The van der Waals surface area contributed by atoms with E-state index in [1.807, 2.05) is 0 Å². The molecule has 0 aliphatic heterocycles. The fourth-order valence-corrected chi connectivity index (χ4v) is 2.80. The van der Waals surface area contributed by atoms with Gasteiger partial charge in [-0.25, -0.2) is 0 Å². The number of hydrogen-bond acceptors (Lipinski definition) is 1. The van der Waals surface area contributed by atoms with Crippen LogP contribution in [0.25, 0.3) is 0 Å².